The van der Waals surface area contributed by atoms with E-state index < -0.39 is 11.7 Å². The molecule has 0 saturated carbocycles. The summed E-state index contributed by atoms with van der Waals surface area (Å²) >= 11 is 0. The van der Waals surface area contributed by atoms with Crippen molar-refractivity contribution in [2.75, 3.05) is 7.11 Å². The maximum atomic E-state index is 12.6. The Labute approximate surface area is 104 Å². The Balaban J connectivity index is 2.82. The van der Waals surface area contributed by atoms with E-state index in [4.69, 9.17) is 4.74 Å². The molecular formula is C13H15F3O2. The van der Waals surface area contributed by atoms with Crippen molar-refractivity contribution in [3.8, 4) is 5.75 Å². The first-order valence-corrected chi connectivity index (χ1v) is 5.58. The number of methoxy groups -OCH3 is 1. The number of ether oxygens (including phenoxy) is 1. The number of halogens is 3. The van der Waals surface area contributed by atoms with Gasteiger partial charge in [0.2, 0.25) is 0 Å². The van der Waals surface area contributed by atoms with Crippen molar-refractivity contribution in [3.05, 3.63) is 29.3 Å². The van der Waals surface area contributed by atoms with Crippen LogP contribution in [0.3, 0.4) is 0 Å². The Morgan fingerprint density at radius 3 is 2.50 bits per heavy atom. The third-order valence-electron chi connectivity index (χ3n) is 2.57. The predicted octanol–water partition coefficient (Wildman–Crippen LogP) is 3.63. The normalized spacial score (nSPS) is 11.4. The molecule has 0 aliphatic heterocycles. The lowest BCUT2D eigenvalue weighted by Gasteiger charge is -2.13. The van der Waals surface area contributed by atoms with Gasteiger partial charge in [-0.25, -0.2) is 0 Å². The van der Waals surface area contributed by atoms with E-state index in [1.165, 1.54) is 26.2 Å². The molecule has 0 aliphatic carbocycles. The van der Waals surface area contributed by atoms with Gasteiger partial charge in [-0.1, -0.05) is 6.07 Å². The van der Waals surface area contributed by atoms with Crippen LogP contribution in [0.4, 0.5) is 13.2 Å². The molecule has 0 fully saturated rings. The molecule has 0 atom stereocenters. The second-order valence-corrected chi connectivity index (χ2v) is 4.09. The quantitative estimate of drug-likeness (QED) is 0.808. The molecule has 100 valence electrons. The molecule has 18 heavy (non-hydrogen) atoms. The Hall–Kier alpha value is -1.52. The average Bonchev–Trinajstić information content (AvgIpc) is 2.26. The van der Waals surface area contributed by atoms with Gasteiger partial charge in [-0.05, 0) is 37.5 Å². The van der Waals surface area contributed by atoms with Gasteiger partial charge >= 0.3 is 6.18 Å². The van der Waals surface area contributed by atoms with Crippen molar-refractivity contribution in [1.29, 1.82) is 0 Å². The summed E-state index contributed by atoms with van der Waals surface area (Å²) in [5.74, 6) is -0.100. The Morgan fingerprint density at radius 1 is 1.33 bits per heavy atom. The fourth-order valence-corrected chi connectivity index (χ4v) is 1.67. The molecular weight excluding hydrogens is 245 g/mol. The monoisotopic (exact) mass is 260 g/mol. The maximum absolute atomic E-state index is 12.6. The van der Waals surface area contributed by atoms with Gasteiger partial charge < -0.3 is 9.53 Å². The van der Waals surface area contributed by atoms with Gasteiger partial charge in [-0.3, -0.25) is 0 Å². The standard InChI is InChI=1S/C13H15F3O2/c1-9(17)4-3-5-10-6-7-11(13(14,15)16)12(8-10)18-2/h6-8H,3-5H2,1-2H3. The van der Waals surface area contributed by atoms with Gasteiger partial charge in [-0.2, -0.15) is 13.2 Å². The number of benzene rings is 1. The lowest BCUT2D eigenvalue weighted by atomic mass is 10.0. The van der Waals surface area contributed by atoms with E-state index in [2.05, 4.69) is 0 Å². The number of rotatable bonds is 5. The van der Waals surface area contributed by atoms with Crippen molar-refractivity contribution >= 4 is 5.78 Å². The van der Waals surface area contributed by atoms with Gasteiger partial charge in [0.1, 0.15) is 11.5 Å². The summed E-state index contributed by atoms with van der Waals surface area (Å²) < 4.78 is 42.6. The van der Waals surface area contributed by atoms with Crippen LogP contribution in [-0.2, 0) is 17.4 Å². The first kappa shape index (κ1) is 14.5. The summed E-state index contributed by atoms with van der Waals surface area (Å²) in [7, 11) is 1.21. The maximum Gasteiger partial charge on any atom is 0.419 e. The number of hydrogen-bond donors (Lipinski definition) is 0. The van der Waals surface area contributed by atoms with E-state index >= 15 is 0 Å². The minimum atomic E-state index is -4.41. The van der Waals surface area contributed by atoms with Crippen LogP contribution in [0.25, 0.3) is 0 Å². The highest BCUT2D eigenvalue weighted by Gasteiger charge is 2.34. The van der Waals surface area contributed by atoms with Crippen molar-refractivity contribution < 1.29 is 22.7 Å². The topological polar surface area (TPSA) is 26.3 Å². The number of aryl methyl sites for hydroxylation is 1. The fourth-order valence-electron chi connectivity index (χ4n) is 1.67. The molecule has 0 aliphatic rings. The van der Waals surface area contributed by atoms with Crippen LogP contribution in [-0.4, -0.2) is 12.9 Å². The highest BCUT2D eigenvalue weighted by molar-refractivity contribution is 5.75. The number of carbonyl (C=O) groups excluding carboxylic acids is 1. The predicted molar refractivity (Wildman–Crippen MR) is 61.6 cm³/mol. The first-order valence-electron chi connectivity index (χ1n) is 5.58. The first-order chi connectivity index (χ1) is 8.34. The highest BCUT2D eigenvalue weighted by atomic mass is 19.4. The summed E-state index contributed by atoms with van der Waals surface area (Å²) in [5.41, 5.74) is -0.0404. The lowest BCUT2D eigenvalue weighted by molar-refractivity contribution is -0.138. The van der Waals surface area contributed by atoms with Crippen LogP contribution >= 0.6 is 0 Å². The van der Waals surface area contributed by atoms with Gasteiger partial charge in [0, 0.05) is 6.42 Å². The number of hydrogen-bond acceptors (Lipinski definition) is 2. The second kappa shape index (κ2) is 5.89. The minimum Gasteiger partial charge on any atom is -0.496 e. The van der Waals surface area contributed by atoms with E-state index in [9.17, 15) is 18.0 Å². The molecule has 0 N–H and O–H groups in total. The van der Waals surface area contributed by atoms with Crippen molar-refractivity contribution in [2.24, 2.45) is 0 Å². The largest absolute Gasteiger partial charge is 0.496 e. The number of Topliss-reactive ketones (excluding diaryl/α,β-unsaturated/α-hetero) is 1. The van der Waals surface area contributed by atoms with E-state index in [1.54, 1.807) is 0 Å². The average molecular weight is 260 g/mol. The van der Waals surface area contributed by atoms with Crippen molar-refractivity contribution in [3.63, 3.8) is 0 Å². The molecule has 0 heterocycles. The molecule has 0 spiro atoms. The molecule has 2 nitrogen and oxygen atoms in total. The van der Waals surface area contributed by atoms with Gasteiger partial charge in [0.05, 0.1) is 12.7 Å². The molecule has 1 rings (SSSR count). The number of ketones is 1. The second-order valence-electron chi connectivity index (χ2n) is 4.09. The molecule has 0 amide bonds. The molecule has 0 aromatic heterocycles. The van der Waals surface area contributed by atoms with Crippen LogP contribution in [0.5, 0.6) is 5.75 Å². The lowest BCUT2D eigenvalue weighted by Crippen LogP contribution is -2.07. The van der Waals surface area contributed by atoms with Crippen LogP contribution in [0, 0.1) is 0 Å². The van der Waals surface area contributed by atoms with Crippen LogP contribution in [0.1, 0.15) is 30.9 Å². The molecule has 1 aromatic rings. The third-order valence-corrected chi connectivity index (χ3v) is 2.57. The molecule has 0 radical (unpaired) electrons. The molecule has 0 saturated heterocycles. The summed E-state index contributed by atoms with van der Waals surface area (Å²) in [5, 5.41) is 0. The van der Waals surface area contributed by atoms with Crippen LogP contribution in [0.2, 0.25) is 0 Å². The molecule has 0 unspecified atom stereocenters. The van der Waals surface area contributed by atoms with Gasteiger partial charge in [0.15, 0.2) is 0 Å². The molecule has 1 aromatic carbocycles. The van der Waals surface area contributed by atoms with Crippen LogP contribution in [0.15, 0.2) is 18.2 Å². The molecule has 5 heteroatoms. The highest BCUT2D eigenvalue weighted by Crippen LogP contribution is 2.36. The van der Waals surface area contributed by atoms with Crippen molar-refractivity contribution in [1.82, 2.24) is 0 Å². The van der Waals surface area contributed by atoms with E-state index in [0.29, 0.717) is 19.3 Å². The zero-order valence-corrected chi connectivity index (χ0v) is 10.3. The summed E-state index contributed by atoms with van der Waals surface area (Å²) in [4.78, 5) is 10.8. The Bertz CT molecular complexity index is 425. The Morgan fingerprint density at radius 2 is 2.00 bits per heavy atom. The fraction of sp³-hybridized carbons (Fsp3) is 0.462. The van der Waals surface area contributed by atoms with E-state index in [0.717, 1.165) is 11.6 Å². The van der Waals surface area contributed by atoms with Gasteiger partial charge in [0.25, 0.3) is 0 Å². The smallest absolute Gasteiger partial charge is 0.419 e. The van der Waals surface area contributed by atoms with Crippen molar-refractivity contribution in [2.45, 2.75) is 32.4 Å². The van der Waals surface area contributed by atoms with Crippen LogP contribution < -0.4 is 4.74 Å². The summed E-state index contributed by atoms with van der Waals surface area (Å²) in [6.07, 6.45) is -2.79. The van der Waals surface area contributed by atoms with E-state index in [1.807, 2.05) is 0 Å². The Kier molecular flexibility index (Phi) is 4.76. The minimum absolute atomic E-state index is 0.0777. The van der Waals surface area contributed by atoms with Gasteiger partial charge in [-0.15, -0.1) is 0 Å². The third kappa shape index (κ3) is 4.05. The molecule has 0 bridgehead atoms. The number of alkyl halides is 3. The van der Waals surface area contributed by atoms with E-state index in [-0.39, 0.29) is 11.5 Å². The summed E-state index contributed by atoms with van der Waals surface area (Å²) in [6, 6.07) is 3.82. The zero-order valence-electron chi connectivity index (χ0n) is 10.3. The number of carbonyl (C=O) groups is 1. The SMILES string of the molecule is COc1cc(CCCC(C)=O)ccc1C(F)(F)F. The zero-order chi connectivity index (χ0) is 13.8. The summed E-state index contributed by atoms with van der Waals surface area (Å²) in [6.45, 7) is 1.49.